The van der Waals surface area contributed by atoms with E-state index in [1.54, 1.807) is 24.5 Å². The van der Waals surface area contributed by atoms with Crippen molar-refractivity contribution in [2.75, 3.05) is 25.2 Å². The molecule has 0 radical (unpaired) electrons. The zero-order valence-electron chi connectivity index (χ0n) is 14.0. The van der Waals surface area contributed by atoms with Crippen molar-refractivity contribution < 1.29 is 9.53 Å². The second-order valence-electron chi connectivity index (χ2n) is 6.02. The van der Waals surface area contributed by atoms with Crippen LogP contribution in [-0.4, -0.2) is 35.8 Å². The second-order valence-corrected chi connectivity index (χ2v) is 6.87. The lowest BCUT2D eigenvalue weighted by Gasteiger charge is -2.38. The summed E-state index contributed by atoms with van der Waals surface area (Å²) >= 11 is 12.4. The first-order chi connectivity index (χ1) is 12.6. The van der Waals surface area contributed by atoms with Crippen LogP contribution in [0.4, 0.5) is 10.7 Å². The zero-order valence-corrected chi connectivity index (χ0v) is 15.5. The largest absolute Gasteiger partial charge is 0.381 e. The molecule has 2 aromatic rings. The minimum atomic E-state index is -0.381. The van der Waals surface area contributed by atoms with E-state index in [4.69, 9.17) is 27.9 Å². The van der Waals surface area contributed by atoms with Crippen LogP contribution in [0.1, 0.15) is 18.4 Å². The number of carbonyl (C=O) groups is 1. The molecule has 3 rings (SSSR count). The Morgan fingerprint density at radius 1 is 1.19 bits per heavy atom. The van der Waals surface area contributed by atoms with Crippen LogP contribution >= 0.6 is 23.2 Å². The predicted molar refractivity (Wildman–Crippen MR) is 100 cm³/mol. The number of ether oxygens (including phenoxy) is 1. The molecule has 0 aliphatic carbocycles. The van der Waals surface area contributed by atoms with E-state index in [0.29, 0.717) is 35.8 Å². The molecule has 2 heterocycles. The van der Waals surface area contributed by atoms with Gasteiger partial charge in [0.05, 0.1) is 0 Å². The van der Waals surface area contributed by atoms with Gasteiger partial charge >= 0.3 is 6.03 Å². The van der Waals surface area contributed by atoms with Crippen molar-refractivity contribution >= 4 is 35.2 Å². The molecule has 9 heteroatoms. The van der Waals surface area contributed by atoms with Gasteiger partial charge in [-0.1, -0.05) is 29.3 Å². The Balaban J connectivity index is 1.66. The number of aromatic nitrogens is 2. The van der Waals surface area contributed by atoms with Gasteiger partial charge in [-0.3, -0.25) is 5.43 Å². The molecule has 1 aliphatic rings. The van der Waals surface area contributed by atoms with Crippen molar-refractivity contribution in [1.29, 1.82) is 0 Å². The number of hydrogen-bond donors (Lipinski definition) is 3. The number of hydrogen-bond acceptors (Lipinski definition) is 5. The Bertz CT molecular complexity index is 754. The van der Waals surface area contributed by atoms with Crippen LogP contribution in [0.3, 0.4) is 0 Å². The Morgan fingerprint density at radius 3 is 2.62 bits per heavy atom. The highest BCUT2D eigenvalue weighted by atomic mass is 35.5. The van der Waals surface area contributed by atoms with Gasteiger partial charge in [0.1, 0.15) is 0 Å². The number of rotatable bonds is 5. The molecule has 2 amide bonds. The van der Waals surface area contributed by atoms with E-state index in [1.165, 1.54) is 0 Å². The fourth-order valence-electron chi connectivity index (χ4n) is 2.99. The van der Waals surface area contributed by atoms with Crippen LogP contribution in [0.5, 0.6) is 0 Å². The maximum absolute atomic E-state index is 12.1. The van der Waals surface area contributed by atoms with Crippen LogP contribution in [0.2, 0.25) is 10.0 Å². The highest BCUT2D eigenvalue weighted by molar-refractivity contribution is 6.35. The van der Waals surface area contributed by atoms with E-state index in [0.717, 1.165) is 18.4 Å². The summed E-state index contributed by atoms with van der Waals surface area (Å²) < 4.78 is 5.50. The van der Waals surface area contributed by atoms with E-state index in [-0.39, 0.29) is 11.4 Å². The Kier molecular flexibility index (Phi) is 6.13. The Morgan fingerprint density at radius 2 is 1.92 bits per heavy atom. The number of benzene rings is 1. The molecule has 26 heavy (non-hydrogen) atoms. The summed E-state index contributed by atoms with van der Waals surface area (Å²) in [7, 11) is 0. The van der Waals surface area contributed by atoms with Crippen LogP contribution in [0, 0.1) is 0 Å². The number of hydrazine groups is 1. The first-order valence-electron chi connectivity index (χ1n) is 8.19. The van der Waals surface area contributed by atoms with Gasteiger partial charge in [0.2, 0.25) is 5.95 Å². The minimum absolute atomic E-state index is 0.305. The molecule has 3 N–H and O–H groups in total. The molecule has 1 saturated heterocycles. The van der Waals surface area contributed by atoms with Crippen molar-refractivity contribution in [3.8, 4) is 0 Å². The summed E-state index contributed by atoms with van der Waals surface area (Å²) in [5.74, 6) is 0.309. The molecule has 0 saturated carbocycles. The maximum Gasteiger partial charge on any atom is 0.333 e. The lowest BCUT2D eigenvalue weighted by Crippen LogP contribution is -2.48. The van der Waals surface area contributed by atoms with Gasteiger partial charge < -0.3 is 10.1 Å². The van der Waals surface area contributed by atoms with Gasteiger partial charge in [-0.25, -0.2) is 20.2 Å². The smallest absolute Gasteiger partial charge is 0.333 e. The first-order valence-corrected chi connectivity index (χ1v) is 8.95. The second kappa shape index (κ2) is 8.53. The number of anilines is 1. The van der Waals surface area contributed by atoms with Crippen LogP contribution in [0.25, 0.3) is 0 Å². The minimum Gasteiger partial charge on any atom is -0.381 e. The number of urea groups is 1. The van der Waals surface area contributed by atoms with Crippen molar-refractivity contribution in [2.45, 2.75) is 18.3 Å². The molecule has 0 atom stereocenters. The fourth-order valence-corrected chi connectivity index (χ4v) is 3.60. The molecular formula is C17H19Cl2N5O2. The average molecular weight is 396 g/mol. The summed E-state index contributed by atoms with van der Waals surface area (Å²) in [5, 5.41) is 4.07. The van der Waals surface area contributed by atoms with Crippen molar-refractivity contribution in [3.63, 3.8) is 0 Å². The van der Waals surface area contributed by atoms with Crippen LogP contribution in [-0.2, 0) is 10.2 Å². The fraction of sp³-hybridized carbons (Fsp3) is 0.353. The van der Waals surface area contributed by atoms with E-state index >= 15 is 0 Å². The van der Waals surface area contributed by atoms with Crippen molar-refractivity contribution in [3.05, 3.63) is 52.3 Å². The van der Waals surface area contributed by atoms with Crippen molar-refractivity contribution in [2.24, 2.45) is 0 Å². The molecule has 1 aliphatic heterocycles. The number of nitrogens with one attached hydrogen (secondary N) is 3. The monoisotopic (exact) mass is 395 g/mol. The van der Waals surface area contributed by atoms with Crippen LogP contribution in [0.15, 0.2) is 36.7 Å². The molecule has 7 nitrogen and oxygen atoms in total. The molecule has 138 valence electrons. The quantitative estimate of drug-likeness (QED) is 0.676. The highest BCUT2D eigenvalue weighted by Gasteiger charge is 2.36. The molecule has 1 aromatic heterocycles. The molecule has 1 aromatic carbocycles. The van der Waals surface area contributed by atoms with Gasteiger partial charge in [-0.05, 0) is 36.6 Å². The molecule has 1 fully saturated rings. The van der Waals surface area contributed by atoms with Gasteiger partial charge in [-0.15, -0.1) is 0 Å². The van der Waals surface area contributed by atoms with Gasteiger partial charge in [0, 0.05) is 47.6 Å². The summed E-state index contributed by atoms with van der Waals surface area (Å²) in [6, 6.07) is 6.77. The van der Waals surface area contributed by atoms with E-state index in [1.807, 2.05) is 12.1 Å². The van der Waals surface area contributed by atoms with Gasteiger partial charge in [0.15, 0.2) is 0 Å². The molecule has 0 spiro atoms. The summed E-state index contributed by atoms with van der Waals surface area (Å²) in [6.45, 7) is 1.64. The number of nitrogens with zero attached hydrogens (tertiary/aromatic N) is 2. The lowest BCUT2D eigenvalue weighted by atomic mass is 9.74. The topological polar surface area (TPSA) is 88.2 Å². The third kappa shape index (κ3) is 4.55. The Hall–Kier alpha value is -2.09. The van der Waals surface area contributed by atoms with Gasteiger partial charge in [-0.2, -0.15) is 0 Å². The third-order valence-corrected chi connectivity index (χ3v) is 4.94. The van der Waals surface area contributed by atoms with Crippen molar-refractivity contribution in [1.82, 2.24) is 20.7 Å². The molecule has 0 bridgehead atoms. The summed E-state index contributed by atoms with van der Waals surface area (Å²) in [4.78, 5) is 20.1. The number of amides is 2. The standard InChI is InChI=1S/C17H19Cl2N5O2/c18-12-2-3-13(14(19)10-12)17(4-8-26-9-5-17)11-22-16(25)24-23-15-20-6-1-7-21-15/h1-3,6-7,10H,4-5,8-9,11H2,(H,20,21,23)(H2,22,24,25). The molecular weight excluding hydrogens is 377 g/mol. The Labute approximate surface area is 161 Å². The molecule has 0 unspecified atom stereocenters. The third-order valence-electron chi connectivity index (χ3n) is 4.39. The lowest BCUT2D eigenvalue weighted by molar-refractivity contribution is 0.0507. The van der Waals surface area contributed by atoms with E-state index < -0.39 is 0 Å². The SMILES string of the molecule is O=C(NCC1(c2ccc(Cl)cc2Cl)CCOCC1)NNc1ncccn1. The maximum atomic E-state index is 12.1. The van der Waals surface area contributed by atoms with Gasteiger partial charge in [0.25, 0.3) is 0 Å². The van der Waals surface area contributed by atoms with Crippen LogP contribution < -0.4 is 16.2 Å². The summed E-state index contributed by atoms with van der Waals surface area (Å²) in [6.07, 6.45) is 4.66. The number of carbonyl (C=O) groups excluding carboxylic acids is 1. The highest BCUT2D eigenvalue weighted by Crippen LogP contribution is 2.39. The zero-order chi connectivity index (χ0) is 18.4. The van der Waals surface area contributed by atoms with E-state index in [9.17, 15) is 4.79 Å². The normalized spacial score (nSPS) is 15.9. The summed E-state index contributed by atoms with van der Waals surface area (Å²) in [5.41, 5.74) is 5.83. The number of halogens is 2. The predicted octanol–water partition coefficient (Wildman–Crippen LogP) is 3.16. The average Bonchev–Trinajstić information content (AvgIpc) is 2.66. The van der Waals surface area contributed by atoms with E-state index in [2.05, 4.69) is 26.1 Å². The first kappa shape index (κ1) is 18.7.